The minimum absolute atomic E-state index is 0.00818. The highest BCUT2D eigenvalue weighted by Gasteiger charge is 2.36. The average molecular weight is 355 g/mol. The van der Waals surface area contributed by atoms with Crippen LogP contribution in [-0.2, 0) is 14.3 Å². The molecule has 2 amide bonds. The molecule has 2 atom stereocenters. The monoisotopic (exact) mass is 354 g/mol. The molecule has 1 fully saturated rings. The van der Waals surface area contributed by atoms with E-state index in [1.165, 1.54) is 0 Å². The van der Waals surface area contributed by atoms with Crippen LogP contribution in [0.25, 0.3) is 0 Å². The molecule has 0 aliphatic carbocycles. The Labute approximate surface area is 132 Å². The molecule has 114 valence electrons. The van der Waals surface area contributed by atoms with Crippen molar-refractivity contribution in [3.63, 3.8) is 0 Å². The van der Waals surface area contributed by atoms with Gasteiger partial charge in [-0.15, -0.1) is 0 Å². The van der Waals surface area contributed by atoms with Gasteiger partial charge in [-0.3, -0.25) is 9.59 Å². The molecule has 0 bridgehead atoms. The van der Waals surface area contributed by atoms with Crippen molar-refractivity contribution >= 4 is 33.4 Å². The highest BCUT2D eigenvalue weighted by molar-refractivity contribution is 9.10. The summed E-state index contributed by atoms with van der Waals surface area (Å²) in [5.41, 5.74) is 0.727. The van der Waals surface area contributed by atoms with Gasteiger partial charge in [-0.2, -0.15) is 0 Å². The fourth-order valence-corrected chi connectivity index (χ4v) is 2.87. The van der Waals surface area contributed by atoms with Crippen molar-refractivity contribution in [1.29, 1.82) is 0 Å². The van der Waals surface area contributed by atoms with Crippen LogP contribution in [-0.4, -0.2) is 43.0 Å². The van der Waals surface area contributed by atoms with Gasteiger partial charge in [-0.05, 0) is 25.1 Å². The fourth-order valence-electron chi connectivity index (χ4n) is 2.47. The number of hydrogen-bond donors (Lipinski definition) is 1. The molecule has 0 radical (unpaired) electrons. The highest BCUT2D eigenvalue weighted by Crippen LogP contribution is 2.23. The summed E-state index contributed by atoms with van der Waals surface area (Å²) in [7, 11) is 1.61. The van der Waals surface area contributed by atoms with Gasteiger partial charge in [0.05, 0.1) is 18.6 Å². The van der Waals surface area contributed by atoms with E-state index in [1.807, 2.05) is 31.2 Å². The predicted molar refractivity (Wildman–Crippen MR) is 83.9 cm³/mol. The Morgan fingerprint density at radius 2 is 2.33 bits per heavy atom. The van der Waals surface area contributed by atoms with Gasteiger partial charge in [-0.25, -0.2) is 0 Å². The molecule has 0 saturated carbocycles. The van der Waals surface area contributed by atoms with E-state index in [1.54, 1.807) is 12.0 Å². The van der Waals surface area contributed by atoms with Crippen molar-refractivity contribution < 1.29 is 14.3 Å². The fraction of sp³-hybridized carbons (Fsp3) is 0.467. The third-order valence-corrected chi connectivity index (χ3v) is 4.05. The van der Waals surface area contributed by atoms with E-state index in [4.69, 9.17) is 4.74 Å². The van der Waals surface area contributed by atoms with E-state index >= 15 is 0 Å². The van der Waals surface area contributed by atoms with Crippen LogP contribution < -0.4 is 5.32 Å². The molecule has 0 aromatic heterocycles. The highest BCUT2D eigenvalue weighted by atomic mass is 79.9. The molecule has 6 heteroatoms. The number of benzene rings is 1. The standard InChI is InChI=1S/C15H19BrN2O3/c1-10(9-21-2)18-8-11(6-14(18)19)15(20)17-13-5-3-4-12(16)7-13/h3-5,7,10-11H,6,8-9H2,1-2H3,(H,17,20)/t10-,11-/m1/s1. The zero-order valence-electron chi connectivity index (χ0n) is 12.1. The lowest BCUT2D eigenvalue weighted by atomic mass is 10.1. The summed E-state index contributed by atoms with van der Waals surface area (Å²) >= 11 is 3.36. The zero-order chi connectivity index (χ0) is 15.4. The van der Waals surface area contributed by atoms with Crippen LogP contribution in [0.1, 0.15) is 13.3 Å². The van der Waals surface area contributed by atoms with Gasteiger partial charge in [0.25, 0.3) is 0 Å². The Bertz CT molecular complexity index is 535. The summed E-state index contributed by atoms with van der Waals surface area (Å²) < 4.78 is 5.97. The lowest BCUT2D eigenvalue weighted by Gasteiger charge is -2.23. The molecular weight excluding hydrogens is 336 g/mol. The summed E-state index contributed by atoms with van der Waals surface area (Å²) in [6, 6.07) is 7.39. The van der Waals surface area contributed by atoms with Crippen LogP contribution in [0.2, 0.25) is 0 Å². The van der Waals surface area contributed by atoms with Crippen molar-refractivity contribution in [2.75, 3.05) is 25.6 Å². The van der Waals surface area contributed by atoms with Gasteiger partial charge in [0, 0.05) is 30.2 Å². The second kappa shape index (κ2) is 7.04. The van der Waals surface area contributed by atoms with Crippen molar-refractivity contribution in [2.45, 2.75) is 19.4 Å². The smallest absolute Gasteiger partial charge is 0.229 e. The third kappa shape index (κ3) is 4.04. The minimum Gasteiger partial charge on any atom is -0.383 e. The summed E-state index contributed by atoms with van der Waals surface area (Å²) in [6.45, 7) is 2.85. The first-order chi connectivity index (χ1) is 10.0. The molecule has 21 heavy (non-hydrogen) atoms. The lowest BCUT2D eigenvalue weighted by Crippen LogP contribution is -2.38. The number of carbonyl (C=O) groups excluding carboxylic acids is 2. The quantitative estimate of drug-likeness (QED) is 0.882. The maximum absolute atomic E-state index is 12.3. The van der Waals surface area contributed by atoms with E-state index in [-0.39, 0.29) is 30.2 Å². The summed E-state index contributed by atoms with van der Waals surface area (Å²) in [5, 5.41) is 2.86. The first-order valence-electron chi connectivity index (χ1n) is 6.86. The van der Waals surface area contributed by atoms with Gasteiger partial charge in [0.1, 0.15) is 0 Å². The number of nitrogens with one attached hydrogen (secondary N) is 1. The number of hydrogen-bond acceptors (Lipinski definition) is 3. The Morgan fingerprint density at radius 3 is 3.00 bits per heavy atom. The van der Waals surface area contributed by atoms with Gasteiger partial charge in [0.15, 0.2) is 0 Å². The number of halogens is 1. The Kier molecular flexibility index (Phi) is 5.36. The molecule has 1 aliphatic rings. The molecular formula is C15H19BrN2O3. The molecule has 5 nitrogen and oxygen atoms in total. The topological polar surface area (TPSA) is 58.6 Å². The molecule has 1 aromatic rings. The summed E-state index contributed by atoms with van der Waals surface area (Å²) in [5.74, 6) is -0.418. The average Bonchev–Trinajstić information content (AvgIpc) is 2.81. The largest absolute Gasteiger partial charge is 0.383 e. The normalized spacial score (nSPS) is 19.7. The summed E-state index contributed by atoms with van der Waals surface area (Å²) in [4.78, 5) is 26.0. The molecule has 2 rings (SSSR count). The van der Waals surface area contributed by atoms with Crippen molar-refractivity contribution in [1.82, 2.24) is 4.90 Å². The molecule has 0 spiro atoms. The minimum atomic E-state index is -0.309. The van der Waals surface area contributed by atoms with E-state index in [0.717, 1.165) is 10.2 Å². The second-order valence-corrected chi connectivity index (χ2v) is 6.17. The molecule has 1 N–H and O–H groups in total. The zero-order valence-corrected chi connectivity index (χ0v) is 13.7. The Hall–Kier alpha value is -1.40. The second-order valence-electron chi connectivity index (χ2n) is 5.25. The van der Waals surface area contributed by atoms with Crippen LogP contribution >= 0.6 is 15.9 Å². The number of likely N-dealkylation sites (tertiary alicyclic amines) is 1. The molecule has 1 heterocycles. The Balaban J connectivity index is 1.97. The maximum Gasteiger partial charge on any atom is 0.229 e. The molecule has 1 aliphatic heterocycles. The van der Waals surface area contributed by atoms with Crippen LogP contribution in [0.15, 0.2) is 28.7 Å². The van der Waals surface area contributed by atoms with Crippen LogP contribution in [0.5, 0.6) is 0 Å². The number of rotatable bonds is 5. The third-order valence-electron chi connectivity index (χ3n) is 3.56. The molecule has 1 aromatic carbocycles. The SMILES string of the molecule is COC[C@@H](C)N1C[C@H](C(=O)Nc2cccc(Br)c2)CC1=O. The van der Waals surface area contributed by atoms with Crippen molar-refractivity contribution in [2.24, 2.45) is 5.92 Å². The van der Waals surface area contributed by atoms with Crippen LogP contribution in [0.4, 0.5) is 5.69 Å². The van der Waals surface area contributed by atoms with Gasteiger partial charge >= 0.3 is 0 Å². The van der Waals surface area contributed by atoms with E-state index in [9.17, 15) is 9.59 Å². The van der Waals surface area contributed by atoms with Crippen LogP contribution in [0, 0.1) is 5.92 Å². The van der Waals surface area contributed by atoms with E-state index in [0.29, 0.717) is 13.2 Å². The number of methoxy groups -OCH3 is 1. The number of anilines is 1. The van der Waals surface area contributed by atoms with Crippen molar-refractivity contribution in [3.8, 4) is 0 Å². The van der Waals surface area contributed by atoms with Crippen LogP contribution in [0.3, 0.4) is 0 Å². The van der Waals surface area contributed by atoms with Gasteiger partial charge in [-0.1, -0.05) is 22.0 Å². The van der Waals surface area contributed by atoms with E-state index in [2.05, 4.69) is 21.2 Å². The van der Waals surface area contributed by atoms with Gasteiger partial charge < -0.3 is 15.0 Å². The van der Waals surface area contributed by atoms with E-state index < -0.39 is 0 Å². The number of nitrogens with zero attached hydrogens (tertiary/aromatic N) is 1. The number of amides is 2. The predicted octanol–water partition coefficient (Wildman–Crippen LogP) is 2.27. The number of ether oxygens (including phenoxy) is 1. The van der Waals surface area contributed by atoms with Crippen molar-refractivity contribution in [3.05, 3.63) is 28.7 Å². The first-order valence-corrected chi connectivity index (χ1v) is 7.65. The lowest BCUT2D eigenvalue weighted by molar-refractivity contribution is -0.130. The molecule has 0 unspecified atom stereocenters. The number of carbonyl (C=O) groups is 2. The first kappa shape index (κ1) is 16.0. The Morgan fingerprint density at radius 1 is 1.57 bits per heavy atom. The maximum atomic E-state index is 12.3. The molecule has 1 saturated heterocycles. The summed E-state index contributed by atoms with van der Waals surface area (Å²) in [6.07, 6.45) is 0.258. The van der Waals surface area contributed by atoms with Gasteiger partial charge in [0.2, 0.25) is 11.8 Å².